The van der Waals surface area contributed by atoms with Crippen LogP contribution in [0.2, 0.25) is 0 Å². The van der Waals surface area contributed by atoms with Crippen LogP contribution in [0.5, 0.6) is 5.75 Å². The van der Waals surface area contributed by atoms with E-state index in [4.69, 9.17) is 4.74 Å². The molecule has 2 nitrogen and oxygen atoms in total. The molecule has 0 bridgehead atoms. The van der Waals surface area contributed by atoms with Crippen molar-refractivity contribution in [2.45, 2.75) is 26.7 Å². The lowest BCUT2D eigenvalue weighted by Gasteiger charge is -2.44. The SMILES string of the molecule is COc1ccc(CC2(CC(C)C)CNC2)cc1Br. The van der Waals surface area contributed by atoms with Gasteiger partial charge >= 0.3 is 0 Å². The quantitative estimate of drug-likeness (QED) is 0.896. The van der Waals surface area contributed by atoms with Gasteiger partial charge in [-0.25, -0.2) is 0 Å². The van der Waals surface area contributed by atoms with Crippen molar-refractivity contribution in [2.75, 3.05) is 20.2 Å². The maximum atomic E-state index is 5.28. The van der Waals surface area contributed by atoms with E-state index in [1.807, 2.05) is 0 Å². The minimum atomic E-state index is 0.461. The minimum Gasteiger partial charge on any atom is -0.496 e. The Bertz CT molecular complexity index is 413. The monoisotopic (exact) mass is 311 g/mol. The van der Waals surface area contributed by atoms with Crippen LogP contribution < -0.4 is 10.1 Å². The van der Waals surface area contributed by atoms with E-state index in [9.17, 15) is 0 Å². The van der Waals surface area contributed by atoms with Crippen LogP contribution in [0.25, 0.3) is 0 Å². The number of methoxy groups -OCH3 is 1. The fourth-order valence-electron chi connectivity index (χ4n) is 2.94. The molecule has 1 heterocycles. The van der Waals surface area contributed by atoms with Crippen LogP contribution >= 0.6 is 15.9 Å². The van der Waals surface area contributed by atoms with Gasteiger partial charge in [0.2, 0.25) is 0 Å². The number of ether oxygens (including phenoxy) is 1. The number of nitrogens with one attached hydrogen (secondary N) is 1. The first-order valence-corrected chi connectivity index (χ1v) is 7.37. The van der Waals surface area contributed by atoms with Crippen molar-refractivity contribution in [3.05, 3.63) is 28.2 Å². The average Bonchev–Trinajstić information content (AvgIpc) is 2.25. The van der Waals surface area contributed by atoms with Crippen molar-refractivity contribution < 1.29 is 4.74 Å². The van der Waals surface area contributed by atoms with E-state index in [0.717, 1.165) is 35.7 Å². The zero-order valence-corrected chi connectivity index (χ0v) is 13.0. The van der Waals surface area contributed by atoms with E-state index in [0.29, 0.717) is 5.41 Å². The Hall–Kier alpha value is -0.540. The van der Waals surface area contributed by atoms with Gasteiger partial charge in [0, 0.05) is 13.1 Å². The molecule has 1 aromatic rings. The molecule has 100 valence electrons. The van der Waals surface area contributed by atoms with Crippen molar-refractivity contribution in [2.24, 2.45) is 11.3 Å². The van der Waals surface area contributed by atoms with Crippen LogP contribution in [0.4, 0.5) is 0 Å². The lowest BCUT2D eigenvalue weighted by atomic mass is 9.71. The largest absolute Gasteiger partial charge is 0.496 e. The zero-order chi connectivity index (χ0) is 13.2. The molecule has 1 saturated heterocycles. The summed E-state index contributed by atoms with van der Waals surface area (Å²) in [5.41, 5.74) is 1.85. The van der Waals surface area contributed by atoms with Crippen molar-refractivity contribution in [1.82, 2.24) is 5.32 Å². The first-order chi connectivity index (χ1) is 8.54. The van der Waals surface area contributed by atoms with Gasteiger partial charge in [0.05, 0.1) is 11.6 Å². The molecular formula is C15H22BrNO. The smallest absolute Gasteiger partial charge is 0.133 e. The number of benzene rings is 1. The van der Waals surface area contributed by atoms with Crippen molar-refractivity contribution >= 4 is 15.9 Å². The van der Waals surface area contributed by atoms with Gasteiger partial charge in [-0.1, -0.05) is 19.9 Å². The lowest BCUT2D eigenvalue weighted by Crippen LogP contribution is -2.55. The second kappa shape index (κ2) is 5.62. The second-order valence-electron chi connectivity index (χ2n) is 5.85. The Labute approximate surface area is 118 Å². The second-order valence-corrected chi connectivity index (χ2v) is 6.70. The first-order valence-electron chi connectivity index (χ1n) is 6.58. The summed E-state index contributed by atoms with van der Waals surface area (Å²) in [7, 11) is 1.70. The molecule has 1 aliphatic heterocycles. The highest BCUT2D eigenvalue weighted by Crippen LogP contribution is 2.36. The van der Waals surface area contributed by atoms with E-state index in [-0.39, 0.29) is 0 Å². The molecule has 0 atom stereocenters. The van der Waals surface area contributed by atoms with Crippen molar-refractivity contribution in [3.8, 4) is 5.75 Å². The van der Waals surface area contributed by atoms with Crippen molar-refractivity contribution in [3.63, 3.8) is 0 Å². The van der Waals surface area contributed by atoms with Gasteiger partial charge in [-0.3, -0.25) is 0 Å². The van der Waals surface area contributed by atoms with Gasteiger partial charge in [0.25, 0.3) is 0 Å². The highest BCUT2D eigenvalue weighted by Gasteiger charge is 2.37. The molecule has 0 unspecified atom stereocenters. The van der Waals surface area contributed by atoms with Gasteiger partial charge < -0.3 is 10.1 Å². The van der Waals surface area contributed by atoms with Crippen LogP contribution in [-0.2, 0) is 6.42 Å². The van der Waals surface area contributed by atoms with Gasteiger partial charge in [-0.15, -0.1) is 0 Å². The minimum absolute atomic E-state index is 0.461. The summed E-state index contributed by atoms with van der Waals surface area (Å²) in [6.45, 7) is 6.91. The molecule has 2 rings (SSSR count). The molecule has 1 aromatic carbocycles. The van der Waals surface area contributed by atoms with Gasteiger partial charge in [0.1, 0.15) is 5.75 Å². The van der Waals surface area contributed by atoms with Gasteiger partial charge in [-0.05, 0) is 57.8 Å². The predicted molar refractivity (Wildman–Crippen MR) is 79.2 cm³/mol. The summed E-state index contributed by atoms with van der Waals surface area (Å²) in [4.78, 5) is 0. The van der Waals surface area contributed by atoms with E-state index in [2.05, 4.69) is 53.3 Å². The third kappa shape index (κ3) is 3.07. The third-order valence-corrected chi connectivity index (χ3v) is 4.26. The topological polar surface area (TPSA) is 21.3 Å². The molecule has 1 fully saturated rings. The maximum Gasteiger partial charge on any atom is 0.133 e. The molecule has 0 aromatic heterocycles. The molecule has 3 heteroatoms. The van der Waals surface area contributed by atoms with E-state index >= 15 is 0 Å². The molecule has 1 aliphatic rings. The highest BCUT2D eigenvalue weighted by molar-refractivity contribution is 9.10. The van der Waals surface area contributed by atoms with Gasteiger partial charge in [0.15, 0.2) is 0 Å². The number of hydrogen-bond acceptors (Lipinski definition) is 2. The highest BCUT2D eigenvalue weighted by atomic mass is 79.9. The average molecular weight is 312 g/mol. The summed E-state index contributed by atoms with van der Waals surface area (Å²) in [6.07, 6.45) is 2.45. The molecular weight excluding hydrogens is 290 g/mol. The summed E-state index contributed by atoms with van der Waals surface area (Å²) in [5.74, 6) is 1.66. The molecule has 0 radical (unpaired) electrons. The Balaban J connectivity index is 2.10. The standard InChI is InChI=1S/C15H22BrNO/c1-11(2)7-15(9-17-10-15)8-12-4-5-14(18-3)13(16)6-12/h4-6,11,17H,7-10H2,1-3H3. The summed E-state index contributed by atoms with van der Waals surface area (Å²) >= 11 is 3.57. The summed E-state index contributed by atoms with van der Waals surface area (Å²) in [5, 5.41) is 3.43. The van der Waals surface area contributed by atoms with Crippen LogP contribution in [0, 0.1) is 11.3 Å². The van der Waals surface area contributed by atoms with E-state index in [1.54, 1.807) is 7.11 Å². The fourth-order valence-corrected chi connectivity index (χ4v) is 3.53. The van der Waals surface area contributed by atoms with Crippen LogP contribution in [0.3, 0.4) is 0 Å². The number of rotatable bonds is 5. The molecule has 18 heavy (non-hydrogen) atoms. The molecule has 0 spiro atoms. The van der Waals surface area contributed by atoms with Crippen molar-refractivity contribution in [1.29, 1.82) is 0 Å². The fraction of sp³-hybridized carbons (Fsp3) is 0.600. The van der Waals surface area contributed by atoms with E-state index < -0.39 is 0 Å². The molecule has 1 N–H and O–H groups in total. The maximum absolute atomic E-state index is 5.28. The lowest BCUT2D eigenvalue weighted by molar-refractivity contribution is 0.131. The Morgan fingerprint density at radius 1 is 1.39 bits per heavy atom. The first kappa shape index (κ1) is 13.9. The Kier molecular flexibility index (Phi) is 4.33. The van der Waals surface area contributed by atoms with E-state index in [1.165, 1.54) is 12.0 Å². The van der Waals surface area contributed by atoms with Crippen LogP contribution in [0.15, 0.2) is 22.7 Å². The molecule has 0 amide bonds. The number of halogens is 1. The Morgan fingerprint density at radius 2 is 2.11 bits per heavy atom. The van der Waals surface area contributed by atoms with Crippen LogP contribution in [-0.4, -0.2) is 20.2 Å². The summed E-state index contributed by atoms with van der Waals surface area (Å²) < 4.78 is 6.33. The normalized spacial score (nSPS) is 17.6. The zero-order valence-electron chi connectivity index (χ0n) is 11.4. The summed E-state index contributed by atoms with van der Waals surface area (Å²) in [6, 6.07) is 6.43. The van der Waals surface area contributed by atoms with Gasteiger partial charge in [-0.2, -0.15) is 0 Å². The number of hydrogen-bond donors (Lipinski definition) is 1. The molecule has 0 saturated carbocycles. The van der Waals surface area contributed by atoms with Crippen LogP contribution in [0.1, 0.15) is 25.8 Å². The molecule has 0 aliphatic carbocycles. The predicted octanol–water partition coefficient (Wildman–Crippen LogP) is 3.64. The Morgan fingerprint density at radius 3 is 2.56 bits per heavy atom. The third-order valence-electron chi connectivity index (χ3n) is 3.64.